The lowest BCUT2D eigenvalue weighted by Crippen LogP contribution is -2.33. The van der Waals surface area contributed by atoms with Crippen LogP contribution in [0.15, 0.2) is 29.7 Å². The number of nitrogens with one attached hydrogen (secondary N) is 1. The molecule has 1 heterocycles. The van der Waals surface area contributed by atoms with Crippen LogP contribution in [0.5, 0.6) is 0 Å². The maximum absolute atomic E-state index is 12.1. The van der Waals surface area contributed by atoms with Crippen molar-refractivity contribution in [2.45, 2.75) is 50.7 Å². The third kappa shape index (κ3) is 3.93. The molecule has 1 aromatic carbocycles. The number of rotatable bonds is 5. The molecule has 5 nitrogen and oxygen atoms in total. The van der Waals surface area contributed by atoms with Gasteiger partial charge in [-0.05, 0) is 38.3 Å². The predicted octanol–water partition coefficient (Wildman–Crippen LogP) is 3.04. The lowest BCUT2D eigenvalue weighted by Gasteiger charge is -2.12. The number of amides is 1. The van der Waals surface area contributed by atoms with Gasteiger partial charge in [-0.3, -0.25) is 9.36 Å². The summed E-state index contributed by atoms with van der Waals surface area (Å²) in [5, 5.41) is 12.0. The van der Waals surface area contributed by atoms with Gasteiger partial charge in [0.25, 0.3) is 0 Å². The second kappa shape index (κ2) is 7.17. The molecular formula is C17H22N4OS. The Kier molecular flexibility index (Phi) is 5.00. The highest BCUT2D eigenvalue weighted by Crippen LogP contribution is 2.23. The first-order valence-electron chi connectivity index (χ1n) is 8.03. The topological polar surface area (TPSA) is 59.8 Å². The molecule has 1 saturated carbocycles. The first-order valence-corrected chi connectivity index (χ1v) is 9.02. The smallest absolute Gasteiger partial charge is 0.230 e. The fraction of sp³-hybridized carbons (Fsp3) is 0.471. The van der Waals surface area contributed by atoms with Gasteiger partial charge < -0.3 is 5.32 Å². The molecule has 122 valence electrons. The Morgan fingerprint density at radius 3 is 2.87 bits per heavy atom. The molecule has 1 fully saturated rings. The Morgan fingerprint density at radius 1 is 1.35 bits per heavy atom. The minimum Gasteiger partial charge on any atom is -0.353 e. The monoisotopic (exact) mass is 330 g/mol. The molecule has 23 heavy (non-hydrogen) atoms. The normalized spacial score (nSPS) is 15.0. The summed E-state index contributed by atoms with van der Waals surface area (Å²) in [4.78, 5) is 12.1. The van der Waals surface area contributed by atoms with E-state index in [1.165, 1.54) is 35.7 Å². The number of hydrogen-bond donors (Lipinski definition) is 1. The van der Waals surface area contributed by atoms with E-state index >= 15 is 0 Å². The molecule has 3 rings (SSSR count). The van der Waals surface area contributed by atoms with Crippen molar-refractivity contribution >= 4 is 17.7 Å². The molecule has 1 aromatic heterocycles. The third-order valence-electron chi connectivity index (χ3n) is 4.18. The molecule has 0 bridgehead atoms. The lowest BCUT2D eigenvalue weighted by molar-refractivity contribution is -0.119. The predicted molar refractivity (Wildman–Crippen MR) is 92.0 cm³/mol. The van der Waals surface area contributed by atoms with Crippen molar-refractivity contribution in [3.05, 3.63) is 35.7 Å². The van der Waals surface area contributed by atoms with E-state index < -0.39 is 0 Å². The van der Waals surface area contributed by atoms with Crippen LogP contribution in [0.1, 0.15) is 36.8 Å². The third-order valence-corrected chi connectivity index (χ3v) is 5.12. The van der Waals surface area contributed by atoms with Crippen LogP contribution in [0.3, 0.4) is 0 Å². The summed E-state index contributed by atoms with van der Waals surface area (Å²) in [6, 6.07) is 6.64. The van der Waals surface area contributed by atoms with Crippen LogP contribution in [0.4, 0.5) is 0 Å². The Morgan fingerprint density at radius 2 is 2.13 bits per heavy atom. The second-order valence-electron chi connectivity index (χ2n) is 6.11. The molecule has 2 aromatic rings. The van der Waals surface area contributed by atoms with Gasteiger partial charge in [0.2, 0.25) is 5.91 Å². The van der Waals surface area contributed by atoms with Gasteiger partial charge >= 0.3 is 0 Å². The van der Waals surface area contributed by atoms with Crippen molar-refractivity contribution in [3.63, 3.8) is 0 Å². The van der Waals surface area contributed by atoms with Gasteiger partial charge in [-0.15, -0.1) is 10.2 Å². The zero-order valence-corrected chi connectivity index (χ0v) is 14.4. The van der Waals surface area contributed by atoms with Gasteiger partial charge in [-0.1, -0.05) is 42.3 Å². The van der Waals surface area contributed by atoms with Crippen molar-refractivity contribution in [2.24, 2.45) is 0 Å². The number of carbonyl (C=O) groups is 1. The summed E-state index contributed by atoms with van der Waals surface area (Å²) in [5.41, 5.74) is 3.45. The lowest BCUT2D eigenvalue weighted by atomic mass is 10.1. The minimum absolute atomic E-state index is 0.0806. The van der Waals surface area contributed by atoms with Crippen molar-refractivity contribution < 1.29 is 4.79 Å². The summed E-state index contributed by atoms with van der Waals surface area (Å²) in [7, 11) is 0. The van der Waals surface area contributed by atoms with Crippen LogP contribution in [-0.2, 0) is 4.79 Å². The molecule has 0 radical (unpaired) electrons. The first kappa shape index (κ1) is 16.1. The van der Waals surface area contributed by atoms with E-state index in [2.05, 4.69) is 47.6 Å². The van der Waals surface area contributed by atoms with E-state index in [4.69, 9.17) is 0 Å². The van der Waals surface area contributed by atoms with Crippen molar-refractivity contribution in [3.8, 4) is 5.69 Å². The van der Waals surface area contributed by atoms with Gasteiger partial charge in [-0.25, -0.2) is 0 Å². The second-order valence-corrected chi connectivity index (χ2v) is 7.05. The Labute approximate surface area is 140 Å². The first-order chi connectivity index (χ1) is 11.1. The molecule has 0 atom stereocenters. The number of benzene rings is 1. The van der Waals surface area contributed by atoms with E-state index in [1.807, 2.05) is 4.57 Å². The molecule has 1 N–H and O–H groups in total. The minimum atomic E-state index is 0.0806. The van der Waals surface area contributed by atoms with Crippen LogP contribution in [0, 0.1) is 13.8 Å². The van der Waals surface area contributed by atoms with Crippen molar-refractivity contribution in [1.82, 2.24) is 20.1 Å². The standard InChI is InChI=1S/C17H22N4OS/c1-12-7-8-15(13(2)9-12)21-11-18-20-17(21)23-10-16(22)19-14-5-3-4-6-14/h7-9,11,14H,3-6,10H2,1-2H3,(H,19,22). The maximum Gasteiger partial charge on any atom is 0.230 e. The fourth-order valence-electron chi connectivity index (χ4n) is 3.03. The quantitative estimate of drug-likeness (QED) is 0.856. The Hall–Kier alpha value is -1.82. The Bertz CT molecular complexity index is 692. The molecule has 0 spiro atoms. The maximum atomic E-state index is 12.1. The summed E-state index contributed by atoms with van der Waals surface area (Å²) in [6.07, 6.45) is 6.36. The average Bonchev–Trinajstić information content (AvgIpc) is 3.16. The zero-order valence-electron chi connectivity index (χ0n) is 13.6. The summed E-state index contributed by atoms with van der Waals surface area (Å²) < 4.78 is 1.95. The number of aryl methyl sites for hydroxylation is 2. The summed E-state index contributed by atoms with van der Waals surface area (Å²) >= 11 is 1.43. The number of carbonyl (C=O) groups excluding carboxylic acids is 1. The largest absolute Gasteiger partial charge is 0.353 e. The van der Waals surface area contributed by atoms with Crippen LogP contribution in [0.25, 0.3) is 5.69 Å². The van der Waals surface area contributed by atoms with Crippen molar-refractivity contribution in [2.75, 3.05) is 5.75 Å². The molecule has 0 aliphatic heterocycles. The van der Waals surface area contributed by atoms with Gasteiger partial charge in [0.05, 0.1) is 11.4 Å². The van der Waals surface area contributed by atoms with Gasteiger partial charge in [0, 0.05) is 6.04 Å². The highest BCUT2D eigenvalue weighted by Gasteiger charge is 2.18. The van der Waals surface area contributed by atoms with Crippen LogP contribution in [0.2, 0.25) is 0 Å². The van der Waals surface area contributed by atoms with E-state index in [0.29, 0.717) is 11.8 Å². The van der Waals surface area contributed by atoms with Gasteiger partial charge in [0.1, 0.15) is 6.33 Å². The van der Waals surface area contributed by atoms with E-state index in [0.717, 1.165) is 23.7 Å². The van der Waals surface area contributed by atoms with Gasteiger partial charge in [-0.2, -0.15) is 0 Å². The van der Waals surface area contributed by atoms with Crippen LogP contribution < -0.4 is 5.32 Å². The molecule has 1 amide bonds. The number of nitrogens with zero attached hydrogens (tertiary/aromatic N) is 3. The van der Waals surface area contributed by atoms with Gasteiger partial charge in [0.15, 0.2) is 5.16 Å². The zero-order chi connectivity index (χ0) is 16.2. The molecule has 1 aliphatic rings. The van der Waals surface area contributed by atoms with E-state index in [1.54, 1.807) is 6.33 Å². The SMILES string of the molecule is Cc1ccc(-n2cnnc2SCC(=O)NC2CCCC2)c(C)c1. The molecule has 0 saturated heterocycles. The highest BCUT2D eigenvalue weighted by atomic mass is 32.2. The highest BCUT2D eigenvalue weighted by molar-refractivity contribution is 7.99. The van der Waals surface area contributed by atoms with Crippen LogP contribution in [-0.4, -0.2) is 32.5 Å². The molecule has 0 unspecified atom stereocenters. The van der Waals surface area contributed by atoms with E-state index in [-0.39, 0.29) is 5.91 Å². The number of hydrogen-bond acceptors (Lipinski definition) is 4. The molecule has 6 heteroatoms. The average molecular weight is 330 g/mol. The van der Waals surface area contributed by atoms with E-state index in [9.17, 15) is 4.79 Å². The molecule has 1 aliphatic carbocycles. The Balaban J connectivity index is 1.65. The van der Waals surface area contributed by atoms with Crippen molar-refractivity contribution in [1.29, 1.82) is 0 Å². The summed E-state index contributed by atoms with van der Waals surface area (Å²) in [5.74, 6) is 0.456. The number of thioether (sulfide) groups is 1. The summed E-state index contributed by atoms with van der Waals surface area (Å²) in [6.45, 7) is 4.15. The fourth-order valence-corrected chi connectivity index (χ4v) is 3.77. The van der Waals surface area contributed by atoms with Crippen LogP contribution >= 0.6 is 11.8 Å². The molecular weight excluding hydrogens is 308 g/mol. The number of aromatic nitrogens is 3.